The van der Waals surface area contributed by atoms with Crippen molar-refractivity contribution in [2.75, 3.05) is 4.90 Å². The van der Waals surface area contributed by atoms with E-state index in [4.69, 9.17) is 15.0 Å². The average Bonchev–Trinajstić information content (AvgIpc) is 3.72. The molecule has 6 aromatic carbocycles. The second-order valence-corrected chi connectivity index (χ2v) is 13.5. The van der Waals surface area contributed by atoms with Crippen LogP contribution in [-0.2, 0) is 0 Å². The standard InChI is InChI=1S/C45H35N5/c1-4-15-30(16-5-1)43-46-44(31-17-6-2-7-18-31)48-45(47-43)32-19-14-22-34(29-32)50-40-26-13-11-24-36(40)38-28-27-37-35-23-10-12-25-39(35)49(41(37)42(38)50)33-20-8-3-9-21-33/h1-10,12,14-23,25,27-29,36,40H,11,13,24,26H2. The summed E-state index contributed by atoms with van der Waals surface area (Å²) in [5.74, 6) is 2.51. The summed E-state index contributed by atoms with van der Waals surface area (Å²) in [4.78, 5) is 17.8. The van der Waals surface area contributed by atoms with Crippen molar-refractivity contribution in [2.45, 2.75) is 37.6 Å². The van der Waals surface area contributed by atoms with Gasteiger partial charge in [-0.1, -0.05) is 134 Å². The summed E-state index contributed by atoms with van der Waals surface area (Å²) in [7, 11) is 0. The zero-order chi connectivity index (χ0) is 33.0. The van der Waals surface area contributed by atoms with Gasteiger partial charge in [-0.2, -0.15) is 0 Å². The van der Waals surface area contributed by atoms with Gasteiger partial charge >= 0.3 is 0 Å². The van der Waals surface area contributed by atoms with Crippen LogP contribution in [0.1, 0.15) is 37.2 Å². The van der Waals surface area contributed by atoms with E-state index in [1.165, 1.54) is 70.1 Å². The van der Waals surface area contributed by atoms with Gasteiger partial charge in [0.25, 0.3) is 0 Å². The lowest BCUT2D eigenvalue weighted by molar-refractivity contribution is 0.402. The molecule has 1 saturated carbocycles. The fourth-order valence-electron chi connectivity index (χ4n) is 8.46. The van der Waals surface area contributed by atoms with Crippen LogP contribution >= 0.6 is 0 Å². The zero-order valence-corrected chi connectivity index (χ0v) is 27.7. The topological polar surface area (TPSA) is 46.8 Å². The van der Waals surface area contributed by atoms with Crippen LogP contribution in [0.5, 0.6) is 0 Å². The van der Waals surface area contributed by atoms with Crippen molar-refractivity contribution < 1.29 is 0 Å². The lowest BCUT2D eigenvalue weighted by Gasteiger charge is -2.34. The van der Waals surface area contributed by atoms with Crippen molar-refractivity contribution in [2.24, 2.45) is 0 Å². The maximum Gasteiger partial charge on any atom is 0.164 e. The molecule has 0 amide bonds. The first-order valence-electron chi connectivity index (χ1n) is 17.7. The number of aromatic nitrogens is 4. The van der Waals surface area contributed by atoms with E-state index in [2.05, 4.69) is 125 Å². The van der Waals surface area contributed by atoms with Crippen LogP contribution in [0.4, 0.5) is 11.4 Å². The van der Waals surface area contributed by atoms with E-state index in [-0.39, 0.29) is 0 Å². The Morgan fingerprint density at radius 1 is 0.480 bits per heavy atom. The highest BCUT2D eigenvalue weighted by molar-refractivity contribution is 6.15. The van der Waals surface area contributed by atoms with Crippen LogP contribution in [0.3, 0.4) is 0 Å². The highest BCUT2D eigenvalue weighted by Gasteiger charge is 2.42. The van der Waals surface area contributed by atoms with Crippen molar-refractivity contribution in [3.63, 3.8) is 0 Å². The van der Waals surface area contributed by atoms with E-state index in [0.717, 1.165) is 16.7 Å². The zero-order valence-electron chi connectivity index (χ0n) is 27.7. The molecule has 2 unspecified atom stereocenters. The van der Waals surface area contributed by atoms with Crippen LogP contribution < -0.4 is 4.90 Å². The lowest BCUT2D eigenvalue weighted by atomic mass is 9.82. The van der Waals surface area contributed by atoms with Crippen LogP contribution in [0.15, 0.2) is 152 Å². The maximum absolute atomic E-state index is 5.08. The van der Waals surface area contributed by atoms with E-state index < -0.39 is 0 Å². The van der Waals surface area contributed by atoms with Crippen molar-refractivity contribution in [1.29, 1.82) is 0 Å². The first kappa shape index (κ1) is 28.9. The molecule has 5 heteroatoms. The number of hydrogen-bond donors (Lipinski definition) is 0. The second-order valence-electron chi connectivity index (χ2n) is 13.5. The molecule has 8 aromatic rings. The molecule has 3 heterocycles. The molecular formula is C45H35N5. The summed E-state index contributed by atoms with van der Waals surface area (Å²) in [6.45, 7) is 0. The smallest absolute Gasteiger partial charge is 0.164 e. The monoisotopic (exact) mass is 645 g/mol. The largest absolute Gasteiger partial charge is 0.336 e. The minimum absolute atomic E-state index is 0.389. The minimum Gasteiger partial charge on any atom is -0.336 e. The highest BCUT2D eigenvalue weighted by Crippen LogP contribution is 2.55. The SMILES string of the molecule is c1ccc(-c2nc(-c3ccccc3)nc(-c3cccc(N4c5c(ccc6c7ccccc7n(-c7ccccc7)c56)C5CCCCC54)c3)n2)cc1. The first-order valence-corrected chi connectivity index (χ1v) is 17.7. The number of anilines is 2. The van der Waals surface area contributed by atoms with Gasteiger partial charge < -0.3 is 9.47 Å². The quantitative estimate of drug-likeness (QED) is 0.187. The lowest BCUT2D eigenvalue weighted by Crippen LogP contribution is -2.32. The number of benzene rings is 6. The normalized spacial score (nSPS) is 16.8. The summed E-state index contributed by atoms with van der Waals surface area (Å²) in [6.07, 6.45) is 4.88. The van der Waals surface area contributed by atoms with Gasteiger partial charge in [-0.25, -0.2) is 15.0 Å². The summed E-state index contributed by atoms with van der Waals surface area (Å²) in [5.41, 5.74) is 10.6. The van der Waals surface area contributed by atoms with E-state index in [0.29, 0.717) is 29.4 Å². The first-order chi connectivity index (χ1) is 24.8. The number of nitrogens with zero attached hydrogens (tertiary/aromatic N) is 5. The molecule has 1 aliphatic carbocycles. The van der Waals surface area contributed by atoms with E-state index in [1.54, 1.807) is 0 Å². The molecular weight excluding hydrogens is 611 g/mol. The van der Waals surface area contributed by atoms with E-state index in [9.17, 15) is 0 Å². The van der Waals surface area contributed by atoms with Gasteiger partial charge in [0, 0.05) is 50.8 Å². The molecule has 5 nitrogen and oxygen atoms in total. The van der Waals surface area contributed by atoms with Gasteiger partial charge in [0.05, 0.1) is 16.7 Å². The molecule has 1 fully saturated rings. The highest BCUT2D eigenvalue weighted by atomic mass is 15.2. The molecule has 50 heavy (non-hydrogen) atoms. The van der Waals surface area contributed by atoms with Gasteiger partial charge in [0.15, 0.2) is 17.5 Å². The molecule has 2 aromatic heterocycles. The molecule has 0 spiro atoms. The Bertz CT molecular complexity index is 2450. The number of fused-ring (bicyclic) bond motifs is 7. The Morgan fingerprint density at radius 3 is 1.78 bits per heavy atom. The molecule has 1 aliphatic heterocycles. The van der Waals surface area contributed by atoms with Gasteiger partial charge in [-0.15, -0.1) is 0 Å². The Morgan fingerprint density at radius 2 is 1.06 bits per heavy atom. The molecule has 10 rings (SSSR count). The van der Waals surface area contributed by atoms with Crippen molar-refractivity contribution in [3.8, 4) is 39.9 Å². The predicted octanol–water partition coefficient (Wildman–Crippen LogP) is 11.1. The Balaban J connectivity index is 1.19. The molecule has 0 radical (unpaired) electrons. The predicted molar refractivity (Wildman–Crippen MR) is 204 cm³/mol. The molecule has 0 bridgehead atoms. The van der Waals surface area contributed by atoms with Gasteiger partial charge in [-0.3, -0.25) is 0 Å². The third-order valence-electron chi connectivity index (χ3n) is 10.6. The van der Waals surface area contributed by atoms with Crippen LogP contribution in [-0.4, -0.2) is 25.6 Å². The molecule has 2 atom stereocenters. The van der Waals surface area contributed by atoms with Crippen LogP contribution in [0.25, 0.3) is 61.7 Å². The molecule has 0 saturated heterocycles. The Labute approximate surface area is 291 Å². The van der Waals surface area contributed by atoms with Gasteiger partial charge in [0.1, 0.15) is 0 Å². The fraction of sp³-hybridized carbons (Fsp3) is 0.133. The van der Waals surface area contributed by atoms with E-state index in [1.807, 2.05) is 36.4 Å². The van der Waals surface area contributed by atoms with Crippen LogP contribution in [0.2, 0.25) is 0 Å². The fourth-order valence-corrected chi connectivity index (χ4v) is 8.46. The summed E-state index contributed by atoms with van der Waals surface area (Å²) in [6, 6.07) is 54.2. The van der Waals surface area contributed by atoms with Crippen molar-refractivity contribution in [1.82, 2.24) is 19.5 Å². The van der Waals surface area contributed by atoms with E-state index >= 15 is 0 Å². The third-order valence-corrected chi connectivity index (χ3v) is 10.6. The van der Waals surface area contributed by atoms with Gasteiger partial charge in [-0.05, 0) is 48.7 Å². The summed E-state index contributed by atoms with van der Waals surface area (Å²) in [5, 5.41) is 2.57. The molecule has 0 N–H and O–H groups in total. The van der Waals surface area contributed by atoms with Crippen molar-refractivity contribution in [3.05, 3.63) is 157 Å². The average molecular weight is 646 g/mol. The minimum atomic E-state index is 0.389. The Kier molecular flexibility index (Phi) is 6.83. The maximum atomic E-state index is 5.08. The Hall–Kier alpha value is -6.07. The summed E-state index contributed by atoms with van der Waals surface area (Å²) < 4.78 is 2.49. The number of rotatable bonds is 5. The molecule has 240 valence electrons. The molecule has 2 aliphatic rings. The van der Waals surface area contributed by atoms with Crippen molar-refractivity contribution >= 4 is 33.2 Å². The number of hydrogen-bond acceptors (Lipinski definition) is 4. The number of para-hydroxylation sites is 2. The van der Waals surface area contributed by atoms with Gasteiger partial charge in [0.2, 0.25) is 0 Å². The second kappa shape index (κ2) is 11.8. The van der Waals surface area contributed by atoms with Crippen LogP contribution in [0, 0.1) is 0 Å². The third kappa shape index (κ3) is 4.65. The summed E-state index contributed by atoms with van der Waals surface area (Å²) >= 11 is 0.